The topological polar surface area (TPSA) is 74.7 Å². The predicted octanol–water partition coefficient (Wildman–Crippen LogP) is 2.29. The molecule has 0 radical (unpaired) electrons. The normalized spacial score (nSPS) is 11.4. The van der Waals surface area contributed by atoms with Crippen LogP contribution in [0.5, 0.6) is 0 Å². The molecule has 0 atom stereocenters. The molecule has 0 saturated heterocycles. The summed E-state index contributed by atoms with van der Waals surface area (Å²) in [4.78, 5) is 10.9. The van der Waals surface area contributed by atoms with Crippen LogP contribution in [-0.2, 0) is 10.0 Å². The quantitative estimate of drug-likeness (QED) is 0.672. The lowest BCUT2D eigenvalue weighted by atomic mass is 10.2. The van der Waals surface area contributed by atoms with Crippen molar-refractivity contribution in [2.45, 2.75) is 46.0 Å². The van der Waals surface area contributed by atoms with Crippen LogP contribution in [0.15, 0.2) is 0 Å². The first-order valence-electron chi connectivity index (χ1n) is 5.69. The van der Waals surface area contributed by atoms with E-state index in [9.17, 15) is 13.2 Å². The maximum absolute atomic E-state index is 11.7. The number of nitrogens with zero attached hydrogens (tertiary/aromatic N) is 1. The summed E-state index contributed by atoms with van der Waals surface area (Å²) in [5.41, 5.74) is 0. The minimum absolute atomic E-state index is 0.0786. The Bertz CT molecular complexity index is 300. The number of carbonyl (C=O) groups is 1. The Balaban J connectivity index is 4.45. The third kappa shape index (κ3) is 5.34. The average Bonchev–Trinajstić information content (AvgIpc) is 2.20. The van der Waals surface area contributed by atoms with Gasteiger partial charge in [-0.2, -0.15) is 0 Å². The predicted molar refractivity (Wildman–Crippen MR) is 63.0 cm³/mol. The fraction of sp³-hybridized carbons (Fsp3) is 0.900. The second-order valence-corrected chi connectivity index (χ2v) is 5.74. The van der Waals surface area contributed by atoms with Gasteiger partial charge in [0.05, 0.1) is 5.75 Å². The zero-order chi connectivity index (χ0) is 12.6. The van der Waals surface area contributed by atoms with Crippen molar-refractivity contribution in [1.29, 1.82) is 0 Å². The zero-order valence-corrected chi connectivity index (χ0v) is 10.8. The molecule has 1 amide bonds. The second-order valence-electron chi connectivity index (χ2n) is 3.73. The SMILES string of the molecule is CCCCCN(C(=O)O)S(=O)(=O)CCCC. The number of hydrogen-bond acceptors (Lipinski definition) is 3. The van der Waals surface area contributed by atoms with Gasteiger partial charge in [-0.15, -0.1) is 0 Å². The number of rotatable bonds is 8. The fourth-order valence-corrected chi connectivity index (χ4v) is 2.82. The van der Waals surface area contributed by atoms with Crippen molar-refractivity contribution in [3.63, 3.8) is 0 Å². The summed E-state index contributed by atoms with van der Waals surface area (Å²) in [5, 5.41) is 8.85. The summed E-state index contributed by atoms with van der Waals surface area (Å²) < 4.78 is 23.9. The molecule has 0 spiro atoms. The molecular formula is C10H21NO4S. The zero-order valence-electron chi connectivity index (χ0n) is 9.98. The average molecular weight is 251 g/mol. The van der Waals surface area contributed by atoms with Gasteiger partial charge in [0.15, 0.2) is 0 Å². The molecule has 5 nitrogen and oxygen atoms in total. The molecule has 0 aromatic heterocycles. The van der Waals surface area contributed by atoms with Crippen molar-refractivity contribution in [2.24, 2.45) is 0 Å². The van der Waals surface area contributed by atoms with E-state index >= 15 is 0 Å². The Kier molecular flexibility index (Phi) is 7.12. The van der Waals surface area contributed by atoms with Crippen molar-refractivity contribution in [1.82, 2.24) is 4.31 Å². The van der Waals surface area contributed by atoms with Gasteiger partial charge in [0.25, 0.3) is 0 Å². The summed E-state index contributed by atoms with van der Waals surface area (Å²) in [6, 6.07) is 0. The van der Waals surface area contributed by atoms with Crippen LogP contribution in [0.4, 0.5) is 4.79 Å². The van der Waals surface area contributed by atoms with Gasteiger partial charge in [-0.05, 0) is 12.8 Å². The number of hydrogen-bond donors (Lipinski definition) is 1. The first-order chi connectivity index (χ1) is 7.45. The van der Waals surface area contributed by atoms with E-state index in [2.05, 4.69) is 0 Å². The van der Waals surface area contributed by atoms with E-state index in [1.807, 2.05) is 13.8 Å². The van der Waals surface area contributed by atoms with E-state index in [1.54, 1.807) is 0 Å². The van der Waals surface area contributed by atoms with E-state index in [4.69, 9.17) is 5.11 Å². The molecule has 0 saturated carbocycles. The monoisotopic (exact) mass is 251 g/mol. The molecule has 6 heteroatoms. The Labute approximate surface area is 97.5 Å². The first-order valence-corrected chi connectivity index (χ1v) is 7.30. The van der Waals surface area contributed by atoms with Gasteiger partial charge < -0.3 is 5.11 Å². The van der Waals surface area contributed by atoms with Gasteiger partial charge in [0.2, 0.25) is 10.0 Å². The Morgan fingerprint density at radius 1 is 1.12 bits per heavy atom. The van der Waals surface area contributed by atoms with Crippen LogP contribution in [0.1, 0.15) is 46.0 Å². The van der Waals surface area contributed by atoms with Crippen molar-refractivity contribution in [3.05, 3.63) is 0 Å². The largest absolute Gasteiger partial charge is 0.464 e. The van der Waals surface area contributed by atoms with Crippen LogP contribution in [0, 0.1) is 0 Å². The number of amides is 1. The molecule has 0 aliphatic heterocycles. The molecule has 0 aliphatic rings. The molecule has 16 heavy (non-hydrogen) atoms. The van der Waals surface area contributed by atoms with Crippen molar-refractivity contribution >= 4 is 16.1 Å². The highest BCUT2D eigenvalue weighted by Gasteiger charge is 2.25. The highest BCUT2D eigenvalue weighted by Crippen LogP contribution is 2.08. The molecule has 0 bridgehead atoms. The summed E-state index contributed by atoms with van der Waals surface area (Å²) >= 11 is 0. The number of unbranched alkanes of at least 4 members (excludes halogenated alkanes) is 3. The molecule has 0 unspecified atom stereocenters. The summed E-state index contributed by atoms with van der Waals surface area (Å²) in [6.45, 7) is 3.93. The lowest BCUT2D eigenvalue weighted by Gasteiger charge is -2.18. The van der Waals surface area contributed by atoms with E-state index in [0.717, 1.165) is 19.3 Å². The van der Waals surface area contributed by atoms with Crippen molar-refractivity contribution < 1.29 is 18.3 Å². The van der Waals surface area contributed by atoms with Gasteiger partial charge in [-0.1, -0.05) is 33.1 Å². The minimum atomic E-state index is -3.63. The molecule has 0 heterocycles. The van der Waals surface area contributed by atoms with E-state index < -0.39 is 16.1 Å². The third-order valence-electron chi connectivity index (χ3n) is 2.27. The molecule has 0 rings (SSSR count). The first kappa shape index (κ1) is 15.2. The highest BCUT2D eigenvalue weighted by atomic mass is 32.2. The van der Waals surface area contributed by atoms with Crippen LogP contribution < -0.4 is 0 Å². The Morgan fingerprint density at radius 3 is 2.12 bits per heavy atom. The van der Waals surface area contributed by atoms with Crippen LogP contribution in [0.3, 0.4) is 0 Å². The smallest absolute Gasteiger partial charge is 0.421 e. The number of sulfonamides is 1. The van der Waals surface area contributed by atoms with Crippen LogP contribution in [0.2, 0.25) is 0 Å². The lowest BCUT2D eigenvalue weighted by molar-refractivity contribution is 0.171. The maximum Gasteiger partial charge on any atom is 0.421 e. The summed E-state index contributed by atoms with van der Waals surface area (Å²) in [7, 11) is -3.63. The second kappa shape index (κ2) is 7.49. The van der Waals surface area contributed by atoms with Gasteiger partial charge in [0, 0.05) is 6.54 Å². The summed E-state index contributed by atoms with van der Waals surface area (Å²) in [5.74, 6) is -0.0814. The number of carboxylic acid groups (broad SMARTS) is 1. The Hall–Kier alpha value is -0.780. The fourth-order valence-electron chi connectivity index (χ4n) is 1.30. The van der Waals surface area contributed by atoms with Crippen LogP contribution >= 0.6 is 0 Å². The van der Waals surface area contributed by atoms with Crippen molar-refractivity contribution in [3.8, 4) is 0 Å². The van der Waals surface area contributed by atoms with Crippen molar-refractivity contribution in [2.75, 3.05) is 12.3 Å². The van der Waals surface area contributed by atoms with Gasteiger partial charge in [-0.25, -0.2) is 17.5 Å². The minimum Gasteiger partial charge on any atom is -0.464 e. The molecular weight excluding hydrogens is 230 g/mol. The van der Waals surface area contributed by atoms with Crippen LogP contribution in [-0.4, -0.2) is 36.2 Å². The standard InChI is InChI=1S/C10H21NO4S/c1-3-5-7-8-11(10(12)13)16(14,15)9-6-4-2/h3-9H2,1-2H3,(H,12,13). The molecule has 1 N–H and O–H groups in total. The third-order valence-corrected chi connectivity index (χ3v) is 4.08. The van der Waals surface area contributed by atoms with E-state index in [1.165, 1.54) is 0 Å². The van der Waals surface area contributed by atoms with Gasteiger partial charge in [0.1, 0.15) is 0 Å². The molecule has 0 aromatic carbocycles. The van der Waals surface area contributed by atoms with E-state index in [0.29, 0.717) is 17.1 Å². The molecule has 0 aromatic rings. The molecule has 0 fully saturated rings. The molecule has 0 aliphatic carbocycles. The highest BCUT2D eigenvalue weighted by molar-refractivity contribution is 7.89. The van der Waals surface area contributed by atoms with E-state index in [-0.39, 0.29) is 12.3 Å². The van der Waals surface area contributed by atoms with Crippen LogP contribution in [0.25, 0.3) is 0 Å². The maximum atomic E-state index is 11.7. The molecule has 96 valence electrons. The summed E-state index contributed by atoms with van der Waals surface area (Å²) in [6.07, 6.45) is 2.23. The lowest BCUT2D eigenvalue weighted by Crippen LogP contribution is -2.38. The van der Waals surface area contributed by atoms with Gasteiger partial charge in [-0.3, -0.25) is 0 Å². The Morgan fingerprint density at radius 2 is 1.69 bits per heavy atom. The van der Waals surface area contributed by atoms with Gasteiger partial charge >= 0.3 is 6.09 Å².